The van der Waals surface area contributed by atoms with Gasteiger partial charge in [0.2, 0.25) is 0 Å². The summed E-state index contributed by atoms with van der Waals surface area (Å²) < 4.78 is 5.10. The van der Waals surface area contributed by atoms with Gasteiger partial charge in [-0.15, -0.1) is 0 Å². The molecule has 0 amide bonds. The van der Waals surface area contributed by atoms with Crippen molar-refractivity contribution in [3.8, 4) is 0 Å². The summed E-state index contributed by atoms with van der Waals surface area (Å²) in [5.41, 5.74) is 11.0. The zero-order valence-electron chi connectivity index (χ0n) is 20.2. The molecular formula is C28H35BO3. The molecule has 0 spiro atoms. The molecule has 3 aromatic carbocycles. The fraction of sp³-hybridized carbons (Fsp3) is 0.357. The van der Waals surface area contributed by atoms with E-state index in [9.17, 15) is 10.0 Å². The predicted molar refractivity (Wildman–Crippen MR) is 133 cm³/mol. The van der Waals surface area contributed by atoms with E-state index >= 15 is 0 Å². The van der Waals surface area contributed by atoms with Crippen LogP contribution in [0.1, 0.15) is 62.9 Å². The van der Waals surface area contributed by atoms with E-state index in [0.29, 0.717) is 6.42 Å². The highest BCUT2D eigenvalue weighted by atomic mass is 16.6. The molecule has 0 saturated heterocycles. The lowest BCUT2D eigenvalue weighted by molar-refractivity contribution is 0.179. The molecule has 0 aliphatic rings. The minimum Gasteiger partial charge on any atom is -0.402 e. The van der Waals surface area contributed by atoms with Gasteiger partial charge < -0.3 is 14.7 Å². The molecule has 2 N–H and O–H groups in total. The number of hydrogen-bond acceptors (Lipinski definition) is 3. The Bertz CT molecular complexity index is 963. The second-order valence-electron chi connectivity index (χ2n) is 9.16. The van der Waals surface area contributed by atoms with Gasteiger partial charge in [0.25, 0.3) is 0 Å². The van der Waals surface area contributed by atoms with Gasteiger partial charge in [0, 0.05) is 12.0 Å². The highest BCUT2D eigenvalue weighted by Gasteiger charge is 2.39. The molecule has 0 radical (unpaired) electrons. The van der Waals surface area contributed by atoms with Crippen LogP contribution in [-0.2, 0) is 10.1 Å². The molecule has 4 heteroatoms. The smallest absolute Gasteiger partial charge is 0.402 e. The lowest BCUT2D eigenvalue weighted by atomic mass is 9.63. The van der Waals surface area contributed by atoms with Gasteiger partial charge in [0.15, 0.2) is 0 Å². The highest BCUT2D eigenvalue weighted by Crippen LogP contribution is 2.47. The SMILES string of the molecule is Cc1ccc(C(CCCOB(O)O)(c2ccc(C)cc2C)c2ccc(C)cc2C)c(C)c1. The van der Waals surface area contributed by atoms with Gasteiger partial charge in [-0.05, 0) is 87.8 Å². The van der Waals surface area contributed by atoms with Crippen LogP contribution in [0, 0.1) is 41.5 Å². The van der Waals surface area contributed by atoms with Crippen LogP contribution in [0.4, 0.5) is 0 Å². The van der Waals surface area contributed by atoms with E-state index in [4.69, 9.17) is 4.65 Å². The molecule has 0 aliphatic carbocycles. The van der Waals surface area contributed by atoms with Gasteiger partial charge in [-0.1, -0.05) is 71.3 Å². The first-order chi connectivity index (χ1) is 15.1. The topological polar surface area (TPSA) is 49.7 Å². The average molecular weight is 430 g/mol. The maximum absolute atomic E-state index is 9.19. The van der Waals surface area contributed by atoms with Gasteiger partial charge in [-0.3, -0.25) is 0 Å². The van der Waals surface area contributed by atoms with Crippen LogP contribution in [-0.4, -0.2) is 24.0 Å². The zero-order valence-corrected chi connectivity index (χ0v) is 20.2. The minimum absolute atomic E-state index is 0.278. The number of aryl methyl sites for hydroxylation is 6. The third-order valence-electron chi connectivity index (χ3n) is 6.49. The third-order valence-corrected chi connectivity index (χ3v) is 6.49. The Labute approximate surface area is 193 Å². The summed E-state index contributed by atoms with van der Waals surface area (Å²) >= 11 is 0. The van der Waals surface area contributed by atoms with Gasteiger partial charge >= 0.3 is 7.32 Å². The fourth-order valence-corrected chi connectivity index (χ4v) is 5.24. The lowest BCUT2D eigenvalue weighted by Gasteiger charge is -2.40. The van der Waals surface area contributed by atoms with Crippen LogP contribution in [0.15, 0.2) is 54.6 Å². The second kappa shape index (κ2) is 10.0. The largest absolute Gasteiger partial charge is 0.633 e. The summed E-state index contributed by atoms with van der Waals surface area (Å²) in [4.78, 5) is 0. The monoisotopic (exact) mass is 430 g/mol. The van der Waals surface area contributed by atoms with Gasteiger partial charge in [-0.25, -0.2) is 0 Å². The van der Waals surface area contributed by atoms with Crippen molar-refractivity contribution in [1.29, 1.82) is 0 Å². The standard InChI is InChI=1S/C28H35BO3/c1-19-8-11-25(22(4)16-19)28(14-7-15-32-29(30)31,26-12-9-20(2)17-23(26)5)27-13-10-21(3)18-24(27)6/h8-13,16-18,30-31H,7,14-15H2,1-6H3. The molecule has 0 atom stereocenters. The third kappa shape index (κ3) is 4.99. The summed E-state index contributed by atoms with van der Waals surface area (Å²) in [7, 11) is -1.74. The van der Waals surface area contributed by atoms with Gasteiger partial charge in [0.1, 0.15) is 0 Å². The first-order valence-electron chi connectivity index (χ1n) is 11.4. The number of rotatable bonds is 8. The minimum atomic E-state index is -1.74. The van der Waals surface area contributed by atoms with E-state index in [0.717, 1.165) is 6.42 Å². The number of benzene rings is 3. The quantitative estimate of drug-likeness (QED) is 0.276. The van der Waals surface area contributed by atoms with Gasteiger partial charge in [-0.2, -0.15) is 0 Å². The van der Waals surface area contributed by atoms with Crippen LogP contribution in [0.25, 0.3) is 0 Å². The van der Waals surface area contributed by atoms with E-state index < -0.39 is 7.32 Å². The van der Waals surface area contributed by atoms with Crippen LogP contribution >= 0.6 is 0 Å². The van der Waals surface area contributed by atoms with Crippen LogP contribution in [0.5, 0.6) is 0 Å². The second-order valence-corrected chi connectivity index (χ2v) is 9.16. The molecular weight excluding hydrogens is 395 g/mol. The molecule has 3 rings (SSSR count). The van der Waals surface area contributed by atoms with E-state index in [2.05, 4.69) is 96.1 Å². The molecule has 0 aliphatic heterocycles. The Morgan fingerprint density at radius 3 is 1.34 bits per heavy atom. The van der Waals surface area contributed by atoms with Crippen molar-refractivity contribution in [2.75, 3.05) is 6.61 Å². The highest BCUT2D eigenvalue weighted by molar-refractivity contribution is 6.32. The molecule has 0 bridgehead atoms. The summed E-state index contributed by atoms with van der Waals surface area (Å²) in [6.45, 7) is 13.2. The molecule has 168 valence electrons. The van der Waals surface area contributed by atoms with E-state index in [-0.39, 0.29) is 12.0 Å². The molecule has 0 fully saturated rings. The lowest BCUT2D eigenvalue weighted by Crippen LogP contribution is -2.33. The van der Waals surface area contributed by atoms with Crippen LogP contribution < -0.4 is 0 Å². The Hall–Kier alpha value is -2.40. The zero-order chi connectivity index (χ0) is 23.5. The van der Waals surface area contributed by atoms with E-state index in [1.54, 1.807) is 0 Å². The van der Waals surface area contributed by atoms with Crippen molar-refractivity contribution < 1.29 is 14.7 Å². The normalized spacial score (nSPS) is 11.6. The van der Waals surface area contributed by atoms with E-state index in [1.165, 1.54) is 50.1 Å². The summed E-state index contributed by atoms with van der Waals surface area (Å²) in [6.07, 6.45) is 1.48. The Kier molecular flexibility index (Phi) is 7.61. The van der Waals surface area contributed by atoms with Crippen molar-refractivity contribution in [3.05, 3.63) is 105 Å². The van der Waals surface area contributed by atoms with Crippen molar-refractivity contribution in [3.63, 3.8) is 0 Å². The molecule has 3 aromatic rings. The van der Waals surface area contributed by atoms with Gasteiger partial charge in [0.05, 0.1) is 0 Å². The number of hydrogen-bond donors (Lipinski definition) is 2. The molecule has 0 unspecified atom stereocenters. The van der Waals surface area contributed by atoms with Crippen molar-refractivity contribution in [2.45, 2.75) is 59.8 Å². The van der Waals surface area contributed by atoms with Crippen LogP contribution in [0.3, 0.4) is 0 Å². The molecule has 32 heavy (non-hydrogen) atoms. The van der Waals surface area contributed by atoms with Crippen molar-refractivity contribution in [2.24, 2.45) is 0 Å². The average Bonchev–Trinajstić information content (AvgIpc) is 2.69. The molecule has 0 saturated carbocycles. The maximum atomic E-state index is 9.19. The summed E-state index contributed by atoms with van der Waals surface area (Å²) in [6, 6.07) is 20.1. The summed E-state index contributed by atoms with van der Waals surface area (Å²) in [5.74, 6) is 0. The Balaban J connectivity index is 2.33. The van der Waals surface area contributed by atoms with Crippen molar-refractivity contribution >= 4 is 7.32 Å². The Morgan fingerprint density at radius 2 is 1.03 bits per heavy atom. The molecule has 0 aromatic heterocycles. The molecule has 3 nitrogen and oxygen atoms in total. The maximum Gasteiger partial charge on any atom is 0.633 e. The van der Waals surface area contributed by atoms with E-state index in [1.807, 2.05) is 0 Å². The van der Waals surface area contributed by atoms with Crippen molar-refractivity contribution in [1.82, 2.24) is 0 Å². The Morgan fingerprint density at radius 1 is 0.656 bits per heavy atom. The fourth-order valence-electron chi connectivity index (χ4n) is 5.24. The first-order valence-corrected chi connectivity index (χ1v) is 11.4. The summed E-state index contributed by atoms with van der Waals surface area (Å²) in [5, 5.41) is 18.4. The van der Waals surface area contributed by atoms with Crippen LogP contribution in [0.2, 0.25) is 0 Å². The predicted octanol–water partition coefficient (Wildman–Crippen LogP) is 5.64. The molecule has 0 heterocycles. The first kappa shape index (κ1) is 24.3.